The summed E-state index contributed by atoms with van der Waals surface area (Å²) in [7, 11) is 1.60. The predicted molar refractivity (Wildman–Crippen MR) is 115 cm³/mol. The van der Waals surface area contributed by atoms with E-state index >= 15 is 0 Å². The molecule has 0 atom stereocenters. The molecular formula is C23H19N5O3. The molecule has 0 unspecified atom stereocenters. The zero-order chi connectivity index (χ0) is 21.6. The van der Waals surface area contributed by atoms with Crippen LogP contribution < -0.4 is 4.74 Å². The van der Waals surface area contributed by atoms with Gasteiger partial charge < -0.3 is 9.84 Å². The van der Waals surface area contributed by atoms with Crippen LogP contribution in [0.5, 0.6) is 5.75 Å². The Labute approximate surface area is 178 Å². The Balaban J connectivity index is 1.56. The van der Waals surface area contributed by atoms with Gasteiger partial charge in [-0.1, -0.05) is 36.4 Å². The van der Waals surface area contributed by atoms with E-state index in [4.69, 9.17) is 4.74 Å². The first-order valence-electron chi connectivity index (χ1n) is 9.50. The van der Waals surface area contributed by atoms with Gasteiger partial charge in [0.25, 0.3) is 0 Å². The Kier molecular flexibility index (Phi) is 5.79. The van der Waals surface area contributed by atoms with Gasteiger partial charge in [-0.15, -0.1) is 10.2 Å². The largest absolute Gasteiger partial charge is 0.496 e. The van der Waals surface area contributed by atoms with Crippen LogP contribution in [0.3, 0.4) is 0 Å². The second-order valence-corrected chi connectivity index (χ2v) is 6.65. The molecule has 1 N–H and O–H groups in total. The van der Waals surface area contributed by atoms with Crippen LogP contribution >= 0.6 is 0 Å². The van der Waals surface area contributed by atoms with E-state index in [1.807, 2.05) is 48.6 Å². The van der Waals surface area contributed by atoms with E-state index in [9.17, 15) is 9.90 Å². The lowest BCUT2D eigenvalue weighted by molar-refractivity contribution is 0.0695. The molecule has 8 heteroatoms. The molecule has 0 saturated heterocycles. The van der Waals surface area contributed by atoms with Gasteiger partial charge in [0.2, 0.25) is 5.82 Å². The third kappa shape index (κ3) is 4.64. The summed E-state index contributed by atoms with van der Waals surface area (Å²) >= 11 is 0. The zero-order valence-electron chi connectivity index (χ0n) is 16.7. The van der Waals surface area contributed by atoms with E-state index in [0.29, 0.717) is 17.1 Å². The minimum Gasteiger partial charge on any atom is -0.496 e. The average Bonchev–Trinajstić information content (AvgIpc) is 3.27. The van der Waals surface area contributed by atoms with Gasteiger partial charge in [-0.25, -0.2) is 4.79 Å². The summed E-state index contributed by atoms with van der Waals surface area (Å²) in [4.78, 5) is 17.0. The van der Waals surface area contributed by atoms with Gasteiger partial charge in [-0.3, -0.25) is 4.98 Å². The van der Waals surface area contributed by atoms with E-state index in [1.54, 1.807) is 37.6 Å². The number of carboxylic acid groups (broad SMARTS) is 1. The van der Waals surface area contributed by atoms with Gasteiger partial charge in [0.05, 0.1) is 24.9 Å². The number of hydrogen-bond donors (Lipinski definition) is 1. The highest BCUT2D eigenvalue weighted by atomic mass is 16.5. The van der Waals surface area contributed by atoms with Crippen LogP contribution in [0.2, 0.25) is 0 Å². The van der Waals surface area contributed by atoms with Gasteiger partial charge in [0.1, 0.15) is 5.75 Å². The number of tetrazole rings is 1. The molecule has 4 aromatic rings. The second-order valence-electron chi connectivity index (χ2n) is 6.65. The normalized spacial score (nSPS) is 11.0. The van der Waals surface area contributed by atoms with E-state index in [0.717, 1.165) is 16.8 Å². The summed E-state index contributed by atoms with van der Waals surface area (Å²) in [6.45, 7) is 0.206. The lowest BCUT2D eigenvalue weighted by Crippen LogP contribution is -2.09. The van der Waals surface area contributed by atoms with Crippen LogP contribution in [0.15, 0.2) is 66.9 Å². The molecule has 2 heterocycles. The van der Waals surface area contributed by atoms with Gasteiger partial charge in [0.15, 0.2) is 0 Å². The van der Waals surface area contributed by atoms with Gasteiger partial charge in [0, 0.05) is 17.3 Å². The summed E-state index contributed by atoms with van der Waals surface area (Å²) in [5, 5.41) is 21.9. The van der Waals surface area contributed by atoms with Gasteiger partial charge >= 0.3 is 5.97 Å². The van der Waals surface area contributed by atoms with E-state index < -0.39 is 5.97 Å². The lowest BCUT2D eigenvalue weighted by atomic mass is 10.1. The maximum atomic E-state index is 11.4. The summed E-state index contributed by atoms with van der Waals surface area (Å²) in [5.41, 5.74) is 3.29. The summed E-state index contributed by atoms with van der Waals surface area (Å²) in [5.74, 6) is 0.0960. The van der Waals surface area contributed by atoms with Crippen molar-refractivity contribution >= 4 is 18.1 Å². The Morgan fingerprint density at radius 3 is 2.71 bits per heavy atom. The number of carboxylic acids is 1. The highest BCUT2D eigenvalue weighted by molar-refractivity contribution is 5.89. The molecule has 4 rings (SSSR count). The molecule has 31 heavy (non-hydrogen) atoms. The minimum atomic E-state index is -0.991. The standard InChI is InChI=1S/C23H19N5O3/c1-31-21-14-17(10-9-16(21)11-12-19-7-4-5-13-24-19)22-25-27-28(26-22)15-18-6-2-3-8-20(18)23(29)30/h2-14H,15H2,1H3,(H,29,30). The number of pyridine rings is 1. The Hall–Kier alpha value is -4.33. The number of aromatic nitrogens is 5. The van der Waals surface area contributed by atoms with Gasteiger partial charge in [-0.2, -0.15) is 4.80 Å². The van der Waals surface area contributed by atoms with Crippen molar-refractivity contribution in [3.8, 4) is 17.1 Å². The molecule has 0 fully saturated rings. The van der Waals surface area contributed by atoms with Crippen molar-refractivity contribution in [2.45, 2.75) is 6.54 Å². The number of hydrogen-bond acceptors (Lipinski definition) is 6. The fourth-order valence-corrected chi connectivity index (χ4v) is 3.08. The monoisotopic (exact) mass is 413 g/mol. The third-order valence-corrected chi connectivity index (χ3v) is 4.63. The van der Waals surface area contributed by atoms with Crippen LogP contribution in [0.4, 0.5) is 0 Å². The number of methoxy groups -OCH3 is 1. The third-order valence-electron chi connectivity index (χ3n) is 4.63. The molecule has 2 aromatic heterocycles. The van der Waals surface area contributed by atoms with Crippen molar-refractivity contribution in [1.82, 2.24) is 25.2 Å². The Bertz CT molecular complexity index is 1230. The highest BCUT2D eigenvalue weighted by Crippen LogP contribution is 2.26. The fraction of sp³-hybridized carbons (Fsp3) is 0.0870. The van der Waals surface area contributed by atoms with Crippen LogP contribution in [0.25, 0.3) is 23.5 Å². The molecule has 0 aliphatic carbocycles. The molecule has 0 amide bonds. The molecule has 2 aromatic carbocycles. The summed E-state index contributed by atoms with van der Waals surface area (Å²) in [6, 6.07) is 18.1. The number of carbonyl (C=O) groups is 1. The number of rotatable bonds is 7. The molecule has 0 bridgehead atoms. The lowest BCUT2D eigenvalue weighted by Gasteiger charge is -2.06. The highest BCUT2D eigenvalue weighted by Gasteiger charge is 2.13. The van der Waals surface area contributed by atoms with E-state index in [-0.39, 0.29) is 12.1 Å². The maximum absolute atomic E-state index is 11.4. The first kappa shape index (κ1) is 20.0. The summed E-state index contributed by atoms with van der Waals surface area (Å²) < 4.78 is 5.52. The number of benzene rings is 2. The second kappa shape index (κ2) is 9.00. The quantitative estimate of drug-likeness (QED) is 0.493. The number of ether oxygens (including phenoxy) is 1. The minimum absolute atomic E-state index is 0.206. The Morgan fingerprint density at radius 1 is 1.10 bits per heavy atom. The molecular weight excluding hydrogens is 394 g/mol. The predicted octanol–water partition coefficient (Wildman–Crippen LogP) is 3.66. The van der Waals surface area contributed by atoms with Gasteiger partial charge in [-0.05, 0) is 47.2 Å². The summed E-state index contributed by atoms with van der Waals surface area (Å²) in [6.07, 6.45) is 5.58. The van der Waals surface area contributed by atoms with Crippen molar-refractivity contribution in [3.63, 3.8) is 0 Å². The molecule has 0 aliphatic rings. The zero-order valence-corrected chi connectivity index (χ0v) is 16.7. The van der Waals surface area contributed by atoms with Crippen molar-refractivity contribution < 1.29 is 14.6 Å². The SMILES string of the molecule is COc1cc(-c2nnn(Cc3ccccc3C(=O)O)n2)ccc1C=Cc1ccccn1. The average molecular weight is 413 g/mol. The first-order valence-corrected chi connectivity index (χ1v) is 9.50. The van der Waals surface area contributed by atoms with Crippen molar-refractivity contribution in [2.24, 2.45) is 0 Å². The molecule has 154 valence electrons. The topological polar surface area (TPSA) is 103 Å². The fourth-order valence-electron chi connectivity index (χ4n) is 3.08. The van der Waals surface area contributed by atoms with E-state index in [1.165, 1.54) is 4.80 Å². The van der Waals surface area contributed by atoms with Crippen LogP contribution in [-0.4, -0.2) is 43.4 Å². The molecule has 0 radical (unpaired) electrons. The maximum Gasteiger partial charge on any atom is 0.336 e. The van der Waals surface area contributed by atoms with Crippen molar-refractivity contribution in [2.75, 3.05) is 7.11 Å². The van der Waals surface area contributed by atoms with Crippen molar-refractivity contribution in [3.05, 3.63) is 89.2 Å². The number of aromatic carboxylic acids is 1. The van der Waals surface area contributed by atoms with E-state index in [2.05, 4.69) is 20.4 Å². The van der Waals surface area contributed by atoms with Crippen molar-refractivity contribution in [1.29, 1.82) is 0 Å². The molecule has 8 nitrogen and oxygen atoms in total. The van der Waals surface area contributed by atoms with Crippen LogP contribution in [0.1, 0.15) is 27.2 Å². The smallest absolute Gasteiger partial charge is 0.336 e. The number of nitrogens with zero attached hydrogens (tertiary/aromatic N) is 5. The van der Waals surface area contributed by atoms with Crippen LogP contribution in [0, 0.1) is 0 Å². The van der Waals surface area contributed by atoms with Crippen LogP contribution in [-0.2, 0) is 6.54 Å². The first-order chi connectivity index (χ1) is 15.1. The molecule has 0 saturated carbocycles. The Morgan fingerprint density at radius 2 is 1.94 bits per heavy atom. The molecule has 0 aliphatic heterocycles. The molecule has 0 spiro atoms.